The van der Waals surface area contributed by atoms with E-state index in [-0.39, 0.29) is 0 Å². The maximum atomic E-state index is 3.75. The average Bonchev–Trinajstić information content (AvgIpc) is 2.48. The molecule has 0 heterocycles. The van der Waals surface area contributed by atoms with Crippen LogP contribution in [0.15, 0.2) is 30.3 Å². The van der Waals surface area contributed by atoms with E-state index in [4.69, 9.17) is 0 Å². The summed E-state index contributed by atoms with van der Waals surface area (Å²) in [6.07, 6.45) is 8.20. The van der Waals surface area contributed by atoms with Gasteiger partial charge in [0.25, 0.3) is 0 Å². The molecule has 0 aromatic heterocycles. The van der Waals surface area contributed by atoms with Crippen molar-refractivity contribution in [3.05, 3.63) is 35.9 Å². The highest BCUT2D eigenvalue weighted by atomic mass is 14.9. The smallest absolute Gasteiger partial charge is 0.0101 e. The summed E-state index contributed by atoms with van der Waals surface area (Å²) in [5.41, 5.74) is 1.56. The fraction of sp³-hybridized carbons (Fsp3) is 0.667. The van der Waals surface area contributed by atoms with E-state index >= 15 is 0 Å². The minimum Gasteiger partial charge on any atom is -0.314 e. The van der Waals surface area contributed by atoms with Crippen LogP contribution in [0.25, 0.3) is 0 Å². The minimum absolute atomic E-state index is 0.709. The Labute approximate surface area is 118 Å². The third kappa shape index (κ3) is 3.82. The van der Waals surface area contributed by atoms with E-state index in [0.717, 1.165) is 18.4 Å². The molecule has 19 heavy (non-hydrogen) atoms. The largest absolute Gasteiger partial charge is 0.314 e. The monoisotopic (exact) mass is 259 g/mol. The molecule has 1 aliphatic carbocycles. The van der Waals surface area contributed by atoms with Gasteiger partial charge in [-0.3, -0.25) is 0 Å². The van der Waals surface area contributed by atoms with Gasteiger partial charge in [0.2, 0.25) is 0 Å². The van der Waals surface area contributed by atoms with Crippen LogP contribution in [0.1, 0.15) is 63.9 Å². The van der Waals surface area contributed by atoms with Crippen molar-refractivity contribution in [3.63, 3.8) is 0 Å². The maximum absolute atomic E-state index is 3.75. The molecule has 1 N–H and O–H groups in total. The number of hydrogen-bond acceptors (Lipinski definition) is 1. The van der Waals surface area contributed by atoms with Crippen LogP contribution in [0, 0.1) is 5.92 Å². The fourth-order valence-corrected chi connectivity index (χ4v) is 3.80. The third-order valence-electron chi connectivity index (χ3n) is 4.63. The molecule has 1 aliphatic rings. The molecule has 1 fully saturated rings. The number of benzene rings is 1. The van der Waals surface area contributed by atoms with Gasteiger partial charge in [-0.25, -0.2) is 0 Å². The number of rotatable bonds is 6. The van der Waals surface area contributed by atoms with Crippen molar-refractivity contribution < 1.29 is 0 Å². The lowest BCUT2D eigenvalue weighted by Gasteiger charge is -2.38. The van der Waals surface area contributed by atoms with Gasteiger partial charge in [-0.15, -0.1) is 0 Å². The van der Waals surface area contributed by atoms with Crippen molar-refractivity contribution in [1.82, 2.24) is 5.32 Å². The molecular formula is C18H29N. The van der Waals surface area contributed by atoms with Crippen LogP contribution in [0.2, 0.25) is 0 Å². The number of hydrogen-bond donors (Lipinski definition) is 1. The highest BCUT2D eigenvalue weighted by molar-refractivity contribution is 5.21. The predicted octanol–water partition coefficient (Wildman–Crippen LogP) is 4.74. The standard InChI is InChI=1S/C18H29N/c1-3-10-18(19-4-2)17-14-9-8-13-16(17)15-11-6-5-7-12-15/h5-7,11-12,16-19H,3-4,8-10,13-14H2,1-2H3. The molecule has 0 aliphatic heterocycles. The topological polar surface area (TPSA) is 12.0 Å². The van der Waals surface area contributed by atoms with Gasteiger partial charge in [-0.2, -0.15) is 0 Å². The summed E-state index contributed by atoms with van der Waals surface area (Å²) in [5.74, 6) is 1.60. The highest BCUT2D eigenvalue weighted by Crippen LogP contribution is 2.40. The molecule has 1 saturated carbocycles. The van der Waals surface area contributed by atoms with E-state index in [2.05, 4.69) is 49.5 Å². The van der Waals surface area contributed by atoms with Crippen molar-refractivity contribution in [2.24, 2.45) is 5.92 Å². The Morgan fingerprint density at radius 1 is 1.11 bits per heavy atom. The summed E-state index contributed by atoms with van der Waals surface area (Å²) in [6, 6.07) is 11.9. The van der Waals surface area contributed by atoms with Gasteiger partial charge in [-0.1, -0.05) is 63.4 Å². The van der Waals surface area contributed by atoms with Gasteiger partial charge < -0.3 is 5.32 Å². The van der Waals surface area contributed by atoms with Crippen molar-refractivity contribution in [2.75, 3.05) is 6.54 Å². The van der Waals surface area contributed by atoms with Gasteiger partial charge in [-0.05, 0) is 43.2 Å². The van der Waals surface area contributed by atoms with Crippen molar-refractivity contribution >= 4 is 0 Å². The molecule has 0 radical (unpaired) electrons. The maximum Gasteiger partial charge on any atom is 0.0101 e. The van der Waals surface area contributed by atoms with Crippen molar-refractivity contribution in [3.8, 4) is 0 Å². The van der Waals surface area contributed by atoms with E-state index in [1.165, 1.54) is 38.5 Å². The Morgan fingerprint density at radius 3 is 2.53 bits per heavy atom. The summed E-state index contributed by atoms with van der Waals surface area (Å²) < 4.78 is 0. The Morgan fingerprint density at radius 2 is 1.84 bits per heavy atom. The van der Waals surface area contributed by atoms with Crippen LogP contribution < -0.4 is 5.32 Å². The molecule has 0 saturated heterocycles. The van der Waals surface area contributed by atoms with E-state index < -0.39 is 0 Å². The summed E-state index contributed by atoms with van der Waals surface area (Å²) >= 11 is 0. The second-order valence-corrected chi connectivity index (χ2v) is 5.92. The molecule has 0 bridgehead atoms. The van der Waals surface area contributed by atoms with Crippen molar-refractivity contribution in [2.45, 2.75) is 64.3 Å². The van der Waals surface area contributed by atoms with Gasteiger partial charge in [0.15, 0.2) is 0 Å². The van der Waals surface area contributed by atoms with E-state index in [9.17, 15) is 0 Å². The molecule has 1 aromatic carbocycles. The average molecular weight is 259 g/mol. The van der Waals surface area contributed by atoms with Crippen LogP contribution in [-0.4, -0.2) is 12.6 Å². The quantitative estimate of drug-likeness (QED) is 0.778. The third-order valence-corrected chi connectivity index (χ3v) is 4.63. The molecule has 2 rings (SSSR count). The molecule has 1 nitrogen and oxygen atoms in total. The number of nitrogens with one attached hydrogen (secondary N) is 1. The zero-order chi connectivity index (χ0) is 13.5. The molecule has 106 valence electrons. The molecule has 3 atom stereocenters. The summed E-state index contributed by atoms with van der Waals surface area (Å²) in [7, 11) is 0. The fourth-order valence-electron chi connectivity index (χ4n) is 3.80. The van der Waals surface area contributed by atoms with E-state index in [1.807, 2.05) is 0 Å². The zero-order valence-corrected chi connectivity index (χ0v) is 12.6. The van der Waals surface area contributed by atoms with Gasteiger partial charge in [0.1, 0.15) is 0 Å². The molecule has 1 heteroatoms. The van der Waals surface area contributed by atoms with Gasteiger partial charge in [0, 0.05) is 6.04 Å². The SMILES string of the molecule is CCCC(NCC)C1CCCCC1c1ccccc1. The Bertz CT molecular complexity index is 340. The van der Waals surface area contributed by atoms with Crippen LogP contribution >= 0.6 is 0 Å². The first-order chi connectivity index (χ1) is 9.36. The molecule has 0 amide bonds. The van der Waals surface area contributed by atoms with Crippen LogP contribution in [-0.2, 0) is 0 Å². The van der Waals surface area contributed by atoms with Gasteiger partial charge in [0.05, 0.1) is 0 Å². The van der Waals surface area contributed by atoms with Gasteiger partial charge >= 0.3 is 0 Å². The van der Waals surface area contributed by atoms with Crippen LogP contribution in [0.5, 0.6) is 0 Å². The second-order valence-electron chi connectivity index (χ2n) is 5.92. The first-order valence-corrected chi connectivity index (χ1v) is 8.15. The Kier molecular flexibility index (Phi) is 5.91. The Balaban J connectivity index is 2.14. The second kappa shape index (κ2) is 7.69. The molecule has 1 aromatic rings. The lowest BCUT2D eigenvalue weighted by molar-refractivity contribution is 0.225. The molecule has 0 spiro atoms. The lowest BCUT2D eigenvalue weighted by atomic mass is 9.71. The summed E-state index contributed by atoms with van der Waals surface area (Å²) in [4.78, 5) is 0. The molecular weight excluding hydrogens is 230 g/mol. The summed E-state index contributed by atoms with van der Waals surface area (Å²) in [6.45, 7) is 5.65. The van der Waals surface area contributed by atoms with E-state index in [1.54, 1.807) is 5.56 Å². The van der Waals surface area contributed by atoms with Crippen LogP contribution in [0.4, 0.5) is 0 Å². The van der Waals surface area contributed by atoms with Crippen molar-refractivity contribution in [1.29, 1.82) is 0 Å². The molecule has 3 unspecified atom stereocenters. The lowest BCUT2D eigenvalue weighted by Crippen LogP contribution is -2.40. The van der Waals surface area contributed by atoms with E-state index in [0.29, 0.717) is 6.04 Å². The first-order valence-electron chi connectivity index (χ1n) is 8.15. The first kappa shape index (κ1) is 14.6. The minimum atomic E-state index is 0.709. The summed E-state index contributed by atoms with van der Waals surface area (Å²) in [5, 5.41) is 3.75. The Hall–Kier alpha value is -0.820. The predicted molar refractivity (Wildman–Crippen MR) is 83.5 cm³/mol. The zero-order valence-electron chi connectivity index (χ0n) is 12.6. The van der Waals surface area contributed by atoms with Crippen LogP contribution in [0.3, 0.4) is 0 Å². The highest BCUT2D eigenvalue weighted by Gasteiger charge is 2.31. The normalized spacial score (nSPS) is 25.2.